The van der Waals surface area contributed by atoms with Crippen LogP contribution in [0.3, 0.4) is 0 Å². The quantitative estimate of drug-likeness (QED) is 0.173. The van der Waals surface area contributed by atoms with Gasteiger partial charge >= 0.3 is 0 Å². The van der Waals surface area contributed by atoms with Gasteiger partial charge in [0.25, 0.3) is 0 Å². The average Bonchev–Trinajstić information content (AvgIpc) is 3.72. The third kappa shape index (κ3) is 3.44. The molecule has 0 saturated heterocycles. The Bertz CT molecular complexity index is 2570. The van der Waals surface area contributed by atoms with E-state index in [2.05, 4.69) is 180 Å². The van der Waals surface area contributed by atoms with Gasteiger partial charge in [0.2, 0.25) is 0 Å². The van der Waals surface area contributed by atoms with Gasteiger partial charge in [0.05, 0.1) is 16.4 Å². The van der Waals surface area contributed by atoms with Crippen molar-refractivity contribution in [1.82, 2.24) is 4.57 Å². The monoisotopic (exact) mass is 663 g/mol. The number of halogens is 1. The molecule has 0 amide bonds. The van der Waals surface area contributed by atoms with E-state index in [0.717, 1.165) is 4.47 Å². The van der Waals surface area contributed by atoms with Crippen LogP contribution >= 0.6 is 15.9 Å². The van der Waals surface area contributed by atoms with Crippen LogP contribution in [0.4, 0.5) is 0 Å². The van der Waals surface area contributed by atoms with Gasteiger partial charge in [-0.3, -0.25) is 0 Å². The van der Waals surface area contributed by atoms with Crippen LogP contribution in [0, 0.1) is 13.8 Å². The first kappa shape index (κ1) is 27.0. The van der Waals surface area contributed by atoms with Crippen LogP contribution < -0.4 is 0 Å². The minimum Gasteiger partial charge on any atom is -0.309 e. The summed E-state index contributed by atoms with van der Waals surface area (Å²) in [5, 5.41) is 2.56. The lowest BCUT2D eigenvalue weighted by Gasteiger charge is -2.30. The summed E-state index contributed by atoms with van der Waals surface area (Å²) in [5.74, 6) is 0. The lowest BCUT2D eigenvalue weighted by molar-refractivity contribution is 0.794. The third-order valence-electron chi connectivity index (χ3n) is 10.8. The number of aromatic nitrogens is 1. The van der Waals surface area contributed by atoms with Crippen molar-refractivity contribution in [2.45, 2.75) is 19.3 Å². The molecule has 2 aliphatic rings. The van der Waals surface area contributed by atoms with Gasteiger partial charge in [-0.25, -0.2) is 0 Å². The van der Waals surface area contributed by atoms with Crippen molar-refractivity contribution in [3.05, 3.63) is 183 Å². The van der Waals surface area contributed by atoms with Crippen LogP contribution in [-0.2, 0) is 5.41 Å². The standard InChI is InChI=1S/C45H30BrN/c1-27-19-21-29(46)25-36(27)37-26-30(22-20-28(37)2)47-42-18-10-6-13-33(42)34-23-24-41-43(44(34)47)35-14-5-9-17-40(35)45(41)38-15-7-3-11-31(38)32-12-4-8-16-39(32)45/h3-26H,1-2H3. The number of benzene rings is 7. The zero-order chi connectivity index (χ0) is 31.4. The van der Waals surface area contributed by atoms with Gasteiger partial charge in [0, 0.05) is 26.5 Å². The molecule has 0 radical (unpaired) electrons. The molecule has 0 unspecified atom stereocenters. The lowest BCUT2D eigenvalue weighted by atomic mass is 9.70. The van der Waals surface area contributed by atoms with E-state index in [-0.39, 0.29) is 5.41 Å². The highest BCUT2D eigenvalue weighted by atomic mass is 79.9. The fourth-order valence-corrected chi connectivity index (χ4v) is 9.18. The van der Waals surface area contributed by atoms with Gasteiger partial charge in [0.1, 0.15) is 0 Å². The summed E-state index contributed by atoms with van der Waals surface area (Å²) >= 11 is 3.74. The van der Waals surface area contributed by atoms with E-state index in [0.29, 0.717) is 0 Å². The van der Waals surface area contributed by atoms with Crippen molar-refractivity contribution >= 4 is 37.7 Å². The normalized spacial score (nSPS) is 13.6. The molecule has 0 fully saturated rings. The van der Waals surface area contributed by atoms with Gasteiger partial charge in [-0.15, -0.1) is 0 Å². The van der Waals surface area contributed by atoms with Crippen molar-refractivity contribution in [3.8, 4) is 39.1 Å². The zero-order valence-electron chi connectivity index (χ0n) is 26.2. The van der Waals surface area contributed by atoms with Crippen LogP contribution in [0.1, 0.15) is 33.4 Å². The Balaban J connectivity index is 1.36. The van der Waals surface area contributed by atoms with E-state index in [9.17, 15) is 0 Å². The molecule has 2 aliphatic carbocycles. The minimum atomic E-state index is -0.375. The van der Waals surface area contributed by atoms with Crippen LogP contribution in [0.15, 0.2) is 150 Å². The molecular formula is C45H30BrN. The Morgan fingerprint density at radius 3 is 1.77 bits per heavy atom. The smallest absolute Gasteiger partial charge is 0.0726 e. The first-order valence-corrected chi connectivity index (χ1v) is 17.1. The second-order valence-electron chi connectivity index (χ2n) is 13.1. The van der Waals surface area contributed by atoms with Gasteiger partial charge in [-0.2, -0.15) is 0 Å². The van der Waals surface area contributed by atoms with Crippen molar-refractivity contribution in [2.75, 3.05) is 0 Å². The number of hydrogen-bond acceptors (Lipinski definition) is 0. The predicted molar refractivity (Wildman–Crippen MR) is 200 cm³/mol. The van der Waals surface area contributed by atoms with E-state index < -0.39 is 0 Å². The molecule has 0 atom stereocenters. The largest absolute Gasteiger partial charge is 0.309 e. The maximum atomic E-state index is 3.74. The lowest BCUT2D eigenvalue weighted by Crippen LogP contribution is -2.25. The molecule has 1 heterocycles. The van der Waals surface area contributed by atoms with Gasteiger partial charge in [-0.1, -0.05) is 131 Å². The molecule has 0 N–H and O–H groups in total. The van der Waals surface area contributed by atoms with Crippen molar-refractivity contribution in [1.29, 1.82) is 0 Å². The molecule has 2 heteroatoms. The number of nitrogens with zero attached hydrogens (tertiary/aromatic N) is 1. The van der Waals surface area contributed by atoms with Crippen LogP contribution in [0.25, 0.3) is 60.9 Å². The number of rotatable bonds is 2. The predicted octanol–water partition coefficient (Wildman–Crippen LogP) is 12.2. The highest BCUT2D eigenvalue weighted by Gasteiger charge is 2.52. The molecule has 0 bridgehead atoms. The Hall–Kier alpha value is -5.18. The topological polar surface area (TPSA) is 4.93 Å². The summed E-state index contributed by atoms with van der Waals surface area (Å²) in [7, 11) is 0. The van der Waals surface area contributed by atoms with Crippen LogP contribution in [-0.4, -0.2) is 4.57 Å². The Morgan fingerprint density at radius 1 is 0.468 bits per heavy atom. The van der Waals surface area contributed by atoms with Crippen molar-refractivity contribution < 1.29 is 0 Å². The summed E-state index contributed by atoms with van der Waals surface area (Å²) in [4.78, 5) is 0. The molecule has 10 rings (SSSR count). The molecule has 0 saturated carbocycles. The maximum absolute atomic E-state index is 3.74. The van der Waals surface area contributed by atoms with Crippen LogP contribution in [0.2, 0.25) is 0 Å². The van der Waals surface area contributed by atoms with Gasteiger partial charge < -0.3 is 4.57 Å². The molecule has 1 aromatic heterocycles. The van der Waals surface area contributed by atoms with E-state index in [4.69, 9.17) is 0 Å². The molecule has 0 aliphatic heterocycles. The fraction of sp³-hybridized carbons (Fsp3) is 0.0667. The summed E-state index contributed by atoms with van der Waals surface area (Å²) < 4.78 is 3.62. The van der Waals surface area contributed by atoms with E-state index >= 15 is 0 Å². The van der Waals surface area contributed by atoms with Gasteiger partial charge in [-0.05, 0) is 105 Å². The first-order chi connectivity index (χ1) is 23.1. The first-order valence-electron chi connectivity index (χ1n) is 16.3. The molecule has 1 nitrogen and oxygen atoms in total. The zero-order valence-corrected chi connectivity index (χ0v) is 27.8. The van der Waals surface area contributed by atoms with E-state index in [1.54, 1.807) is 0 Å². The third-order valence-corrected chi connectivity index (χ3v) is 11.3. The highest BCUT2D eigenvalue weighted by Crippen LogP contribution is 2.64. The summed E-state index contributed by atoms with van der Waals surface area (Å²) in [6.07, 6.45) is 0. The Kier molecular flexibility index (Phi) is 5.55. The summed E-state index contributed by atoms with van der Waals surface area (Å²) in [5.41, 5.74) is 19.1. The Morgan fingerprint density at radius 2 is 1.04 bits per heavy atom. The summed E-state index contributed by atoms with van der Waals surface area (Å²) in [6.45, 7) is 4.42. The fourth-order valence-electron chi connectivity index (χ4n) is 8.82. The van der Waals surface area contributed by atoms with Crippen molar-refractivity contribution in [2.24, 2.45) is 0 Å². The second kappa shape index (κ2) is 9.67. The number of para-hydroxylation sites is 1. The molecular weight excluding hydrogens is 634 g/mol. The maximum Gasteiger partial charge on any atom is 0.0726 e. The van der Waals surface area contributed by atoms with Crippen LogP contribution in [0.5, 0.6) is 0 Å². The van der Waals surface area contributed by atoms with E-state index in [1.165, 1.54) is 94.3 Å². The van der Waals surface area contributed by atoms with E-state index in [1.807, 2.05) is 0 Å². The number of fused-ring (bicyclic) bond motifs is 14. The molecule has 1 spiro atoms. The average molecular weight is 665 g/mol. The summed E-state index contributed by atoms with van der Waals surface area (Å²) in [6, 6.07) is 54.5. The van der Waals surface area contributed by atoms with Gasteiger partial charge in [0.15, 0.2) is 0 Å². The molecule has 8 aromatic rings. The number of hydrogen-bond donors (Lipinski definition) is 0. The molecule has 47 heavy (non-hydrogen) atoms. The molecule has 7 aromatic carbocycles. The number of aryl methyl sites for hydroxylation is 2. The second-order valence-corrected chi connectivity index (χ2v) is 14.0. The van der Waals surface area contributed by atoms with Crippen molar-refractivity contribution in [3.63, 3.8) is 0 Å². The SMILES string of the molecule is Cc1ccc(Br)cc1-c1cc(-n2c3ccccc3c3ccc4c(c32)-c2ccccc2C42c3ccccc3-c3ccccc32)ccc1C. The molecule has 222 valence electrons. The Labute approximate surface area is 282 Å². The highest BCUT2D eigenvalue weighted by molar-refractivity contribution is 9.10. The minimum absolute atomic E-state index is 0.375.